The summed E-state index contributed by atoms with van der Waals surface area (Å²) < 4.78 is 7.37. The lowest BCUT2D eigenvalue weighted by Crippen LogP contribution is -2.41. The number of aryl methyl sites for hydroxylation is 1. The van der Waals surface area contributed by atoms with Gasteiger partial charge in [0, 0.05) is 48.0 Å². The summed E-state index contributed by atoms with van der Waals surface area (Å²) in [6.07, 6.45) is 2.15. The van der Waals surface area contributed by atoms with E-state index >= 15 is 0 Å². The highest BCUT2D eigenvalue weighted by Crippen LogP contribution is 2.25. The second kappa shape index (κ2) is 10.4. The second-order valence-electron chi connectivity index (χ2n) is 8.00. The monoisotopic (exact) mass is 493 g/mol. The molecule has 3 aromatic rings. The normalized spacial score (nSPS) is 16.5. The molecule has 2 aromatic heterocycles. The molecule has 1 N–H and O–H groups in total. The zero-order chi connectivity index (χ0) is 22.7. The van der Waals surface area contributed by atoms with Gasteiger partial charge < -0.3 is 15.0 Å². The zero-order valence-electron chi connectivity index (χ0n) is 18.1. The van der Waals surface area contributed by atoms with Gasteiger partial charge in [-0.3, -0.25) is 0 Å². The molecule has 3 heterocycles. The standard InChI is InChI=1S/C23H26Cl3N5O/c1-15-13-30(7-8-32-15)22-6-3-17(11-28-22)10-27-12-20-16(2)29-31(23(20)26)14-18-4-5-19(24)9-21(18)25/h3-6,9,11,15,27H,7-8,10,12-14H2,1-2H3. The van der Waals surface area contributed by atoms with Gasteiger partial charge in [0.05, 0.1) is 24.9 Å². The molecule has 1 atom stereocenters. The van der Waals surface area contributed by atoms with Crippen molar-refractivity contribution in [1.82, 2.24) is 20.1 Å². The summed E-state index contributed by atoms with van der Waals surface area (Å²) >= 11 is 18.9. The Morgan fingerprint density at radius 3 is 2.72 bits per heavy atom. The van der Waals surface area contributed by atoms with Gasteiger partial charge in [-0.15, -0.1) is 0 Å². The highest BCUT2D eigenvalue weighted by Gasteiger charge is 2.18. The molecule has 1 unspecified atom stereocenters. The molecule has 32 heavy (non-hydrogen) atoms. The molecule has 9 heteroatoms. The number of nitrogens with zero attached hydrogens (tertiary/aromatic N) is 4. The van der Waals surface area contributed by atoms with Gasteiger partial charge in [-0.2, -0.15) is 5.10 Å². The van der Waals surface area contributed by atoms with E-state index in [2.05, 4.69) is 39.4 Å². The quantitative estimate of drug-likeness (QED) is 0.495. The summed E-state index contributed by atoms with van der Waals surface area (Å²) in [4.78, 5) is 6.89. The SMILES string of the molecule is Cc1nn(Cc2ccc(Cl)cc2Cl)c(Cl)c1CNCc1ccc(N2CCOC(C)C2)nc1. The fraction of sp³-hybridized carbons (Fsp3) is 0.391. The molecule has 1 aromatic carbocycles. The van der Waals surface area contributed by atoms with Crippen molar-refractivity contribution in [2.24, 2.45) is 0 Å². The Morgan fingerprint density at radius 2 is 2.00 bits per heavy atom. The lowest BCUT2D eigenvalue weighted by Gasteiger charge is -2.32. The minimum Gasteiger partial charge on any atom is -0.375 e. The van der Waals surface area contributed by atoms with Crippen LogP contribution < -0.4 is 10.2 Å². The molecule has 1 saturated heterocycles. The Morgan fingerprint density at radius 1 is 1.16 bits per heavy atom. The molecule has 170 valence electrons. The van der Waals surface area contributed by atoms with E-state index in [-0.39, 0.29) is 6.10 Å². The van der Waals surface area contributed by atoms with Crippen LogP contribution in [0.3, 0.4) is 0 Å². The van der Waals surface area contributed by atoms with Crippen molar-refractivity contribution in [1.29, 1.82) is 0 Å². The Balaban J connectivity index is 1.35. The lowest BCUT2D eigenvalue weighted by atomic mass is 10.2. The van der Waals surface area contributed by atoms with Gasteiger partial charge in [0.25, 0.3) is 0 Å². The maximum Gasteiger partial charge on any atom is 0.132 e. The first-order valence-corrected chi connectivity index (χ1v) is 11.7. The van der Waals surface area contributed by atoms with Crippen LogP contribution in [0.2, 0.25) is 15.2 Å². The molecule has 0 amide bonds. The van der Waals surface area contributed by atoms with E-state index in [1.807, 2.05) is 25.3 Å². The Labute approximate surface area is 203 Å². The summed E-state index contributed by atoms with van der Waals surface area (Å²) in [7, 11) is 0. The van der Waals surface area contributed by atoms with E-state index in [0.29, 0.717) is 34.8 Å². The molecule has 0 radical (unpaired) electrons. The molecular weight excluding hydrogens is 469 g/mol. The van der Waals surface area contributed by atoms with E-state index in [9.17, 15) is 0 Å². The van der Waals surface area contributed by atoms with Crippen molar-refractivity contribution in [2.75, 3.05) is 24.6 Å². The molecule has 6 nitrogen and oxygen atoms in total. The topological polar surface area (TPSA) is 55.2 Å². The molecule has 0 spiro atoms. The predicted molar refractivity (Wildman–Crippen MR) is 130 cm³/mol. The van der Waals surface area contributed by atoms with Gasteiger partial charge in [-0.25, -0.2) is 9.67 Å². The first kappa shape index (κ1) is 23.3. The zero-order valence-corrected chi connectivity index (χ0v) is 20.4. The van der Waals surface area contributed by atoms with Crippen molar-refractivity contribution in [3.63, 3.8) is 0 Å². The summed E-state index contributed by atoms with van der Waals surface area (Å²) in [6.45, 7) is 8.32. The van der Waals surface area contributed by atoms with E-state index in [4.69, 9.17) is 39.5 Å². The summed E-state index contributed by atoms with van der Waals surface area (Å²) in [5.41, 5.74) is 3.90. The average Bonchev–Trinajstić information content (AvgIpc) is 3.03. The first-order valence-electron chi connectivity index (χ1n) is 10.6. The molecule has 4 rings (SSSR count). The van der Waals surface area contributed by atoms with Crippen molar-refractivity contribution < 1.29 is 4.74 Å². The third-order valence-corrected chi connectivity index (χ3v) is 6.53. The van der Waals surface area contributed by atoms with E-state index < -0.39 is 0 Å². The molecule has 0 saturated carbocycles. The van der Waals surface area contributed by atoms with E-state index in [1.54, 1.807) is 10.7 Å². The number of morpholine rings is 1. The number of halogens is 3. The number of benzene rings is 1. The van der Waals surface area contributed by atoms with Crippen LogP contribution in [0, 0.1) is 6.92 Å². The number of ether oxygens (including phenoxy) is 1. The van der Waals surface area contributed by atoms with E-state index in [1.165, 1.54) is 0 Å². The average molecular weight is 495 g/mol. The highest BCUT2D eigenvalue weighted by molar-refractivity contribution is 6.35. The summed E-state index contributed by atoms with van der Waals surface area (Å²) in [5.74, 6) is 0.991. The third kappa shape index (κ3) is 5.56. The van der Waals surface area contributed by atoms with Crippen molar-refractivity contribution in [3.8, 4) is 0 Å². The minimum absolute atomic E-state index is 0.233. The second-order valence-corrected chi connectivity index (χ2v) is 9.21. The van der Waals surface area contributed by atoms with Crippen LogP contribution in [0.4, 0.5) is 5.82 Å². The van der Waals surface area contributed by atoms with Crippen LogP contribution in [-0.2, 0) is 24.4 Å². The minimum atomic E-state index is 0.233. The Kier molecular flexibility index (Phi) is 7.59. The van der Waals surface area contributed by atoms with Crippen molar-refractivity contribution in [3.05, 3.63) is 74.1 Å². The summed E-state index contributed by atoms with van der Waals surface area (Å²) in [6, 6.07) is 9.61. The maximum atomic E-state index is 6.63. The van der Waals surface area contributed by atoms with Gasteiger partial charge in [0.2, 0.25) is 0 Å². The highest BCUT2D eigenvalue weighted by atomic mass is 35.5. The van der Waals surface area contributed by atoms with Crippen molar-refractivity contribution in [2.45, 2.75) is 39.6 Å². The number of hydrogen-bond donors (Lipinski definition) is 1. The van der Waals surface area contributed by atoms with Crippen LogP contribution in [-0.4, -0.2) is 40.6 Å². The summed E-state index contributed by atoms with van der Waals surface area (Å²) in [5, 5.41) is 9.85. The number of pyridine rings is 1. The molecule has 1 aliphatic rings. The van der Waals surface area contributed by atoms with Crippen LogP contribution in [0.25, 0.3) is 0 Å². The number of anilines is 1. The van der Waals surface area contributed by atoms with Gasteiger partial charge in [-0.1, -0.05) is 46.9 Å². The molecule has 1 aliphatic heterocycles. The van der Waals surface area contributed by atoms with Crippen molar-refractivity contribution >= 4 is 40.6 Å². The number of nitrogens with one attached hydrogen (secondary N) is 1. The Hall–Kier alpha value is -1.83. The fourth-order valence-electron chi connectivity index (χ4n) is 3.77. The van der Waals surface area contributed by atoms with Gasteiger partial charge in [0.15, 0.2) is 0 Å². The van der Waals surface area contributed by atoms with Gasteiger partial charge in [-0.05, 0) is 43.2 Å². The molecule has 0 aliphatic carbocycles. The lowest BCUT2D eigenvalue weighted by molar-refractivity contribution is 0.0529. The third-order valence-electron chi connectivity index (χ3n) is 5.52. The van der Waals surface area contributed by atoms with Crippen LogP contribution in [0.5, 0.6) is 0 Å². The maximum absolute atomic E-state index is 6.63. The number of aromatic nitrogens is 3. The molecular formula is C23H26Cl3N5O. The van der Waals surface area contributed by atoms with Crippen LogP contribution in [0.1, 0.15) is 29.3 Å². The van der Waals surface area contributed by atoms with Crippen LogP contribution >= 0.6 is 34.8 Å². The first-order chi connectivity index (χ1) is 15.4. The number of hydrogen-bond acceptors (Lipinski definition) is 5. The van der Waals surface area contributed by atoms with E-state index in [0.717, 1.165) is 47.9 Å². The van der Waals surface area contributed by atoms with Gasteiger partial charge >= 0.3 is 0 Å². The van der Waals surface area contributed by atoms with Gasteiger partial charge in [0.1, 0.15) is 11.0 Å². The fourth-order valence-corrected chi connectivity index (χ4v) is 4.54. The van der Waals surface area contributed by atoms with Crippen LogP contribution in [0.15, 0.2) is 36.5 Å². The smallest absolute Gasteiger partial charge is 0.132 e. The Bertz CT molecular complexity index is 1070. The molecule has 0 bridgehead atoms. The predicted octanol–water partition coefficient (Wildman–Crippen LogP) is 5.11. The molecule has 1 fully saturated rings. The number of rotatable bonds is 7. The largest absolute Gasteiger partial charge is 0.375 e.